The van der Waals surface area contributed by atoms with Gasteiger partial charge < -0.3 is 10.3 Å². The van der Waals surface area contributed by atoms with E-state index in [1.807, 2.05) is 22.6 Å². The van der Waals surface area contributed by atoms with Crippen LogP contribution in [0.1, 0.15) is 0 Å². The second-order valence-electron chi connectivity index (χ2n) is 3.27. The number of rotatable bonds is 2. The van der Waals surface area contributed by atoms with E-state index in [1.165, 1.54) is 18.5 Å². The molecule has 0 radical (unpaired) electrons. The SMILES string of the molecule is O=c1[nH]cnc(Nc2cc(Cl)c(F)c(Cl)c2)c1I. The van der Waals surface area contributed by atoms with Crippen LogP contribution in [0, 0.1) is 9.39 Å². The van der Waals surface area contributed by atoms with E-state index in [9.17, 15) is 9.18 Å². The Morgan fingerprint density at radius 3 is 2.56 bits per heavy atom. The van der Waals surface area contributed by atoms with Gasteiger partial charge in [-0.2, -0.15) is 0 Å². The molecule has 18 heavy (non-hydrogen) atoms. The Hall–Kier alpha value is -0.860. The largest absolute Gasteiger partial charge is 0.339 e. The number of hydrogen-bond acceptors (Lipinski definition) is 3. The molecule has 0 spiro atoms. The maximum atomic E-state index is 13.2. The van der Waals surface area contributed by atoms with Crippen LogP contribution in [0.5, 0.6) is 0 Å². The van der Waals surface area contributed by atoms with Crippen LogP contribution in [-0.4, -0.2) is 9.97 Å². The van der Waals surface area contributed by atoms with Crippen molar-refractivity contribution in [2.45, 2.75) is 0 Å². The number of aromatic amines is 1. The van der Waals surface area contributed by atoms with Crippen molar-refractivity contribution >= 4 is 57.3 Å². The van der Waals surface area contributed by atoms with E-state index in [0.29, 0.717) is 15.1 Å². The van der Waals surface area contributed by atoms with Crippen LogP contribution in [0.4, 0.5) is 15.9 Å². The van der Waals surface area contributed by atoms with Gasteiger partial charge >= 0.3 is 0 Å². The Bertz CT molecular complexity index is 639. The highest BCUT2D eigenvalue weighted by Crippen LogP contribution is 2.29. The number of benzene rings is 1. The second kappa shape index (κ2) is 5.41. The van der Waals surface area contributed by atoms with Gasteiger partial charge in [0, 0.05) is 5.69 Å². The summed E-state index contributed by atoms with van der Waals surface area (Å²) < 4.78 is 13.6. The van der Waals surface area contributed by atoms with Crippen molar-refractivity contribution in [3.8, 4) is 0 Å². The molecule has 94 valence electrons. The van der Waals surface area contributed by atoms with Gasteiger partial charge in [0.15, 0.2) is 11.6 Å². The quantitative estimate of drug-likeness (QED) is 0.599. The molecule has 0 unspecified atom stereocenters. The van der Waals surface area contributed by atoms with E-state index in [-0.39, 0.29) is 15.6 Å². The topological polar surface area (TPSA) is 57.8 Å². The normalized spacial score (nSPS) is 10.4. The Kier molecular flexibility index (Phi) is 4.08. The van der Waals surface area contributed by atoms with Crippen LogP contribution in [0.3, 0.4) is 0 Å². The van der Waals surface area contributed by atoms with Gasteiger partial charge in [-0.25, -0.2) is 9.37 Å². The molecule has 0 aliphatic rings. The van der Waals surface area contributed by atoms with Crippen LogP contribution in [0.15, 0.2) is 23.3 Å². The van der Waals surface area contributed by atoms with Gasteiger partial charge in [-0.3, -0.25) is 4.79 Å². The lowest BCUT2D eigenvalue weighted by Gasteiger charge is -2.08. The zero-order chi connectivity index (χ0) is 13.3. The third-order valence-corrected chi connectivity index (χ3v) is 3.59. The molecule has 0 aliphatic heterocycles. The minimum absolute atomic E-state index is 0.107. The molecule has 0 atom stereocenters. The fraction of sp³-hybridized carbons (Fsp3) is 0. The number of H-pyrrole nitrogens is 1. The number of nitrogens with zero attached hydrogens (tertiary/aromatic N) is 1. The molecule has 2 rings (SSSR count). The Labute approximate surface area is 125 Å². The lowest BCUT2D eigenvalue weighted by atomic mass is 10.3. The summed E-state index contributed by atoms with van der Waals surface area (Å²) in [5.74, 6) is -0.337. The number of hydrogen-bond donors (Lipinski definition) is 2. The van der Waals surface area contributed by atoms with Gasteiger partial charge in [-0.15, -0.1) is 0 Å². The fourth-order valence-electron chi connectivity index (χ4n) is 1.23. The summed E-state index contributed by atoms with van der Waals surface area (Å²) >= 11 is 13.2. The van der Waals surface area contributed by atoms with E-state index in [1.54, 1.807) is 0 Å². The first-order valence-corrected chi connectivity index (χ1v) is 6.47. The standard InChI is InChI=1S/C10H5Cl2FIN3O/c11-5-1-4(2-6(12)7(5)13)17-9-8(14)10(18)16-3-15-9/h1-3H,(H2,15,16,17,18). The fourth-order valence-corrected chi connectivity index (χ4v) is 2.15. The van der Waals surface area contributed by atoms with E-state index < -0.39 is 5.82 Å². The summed E-state index contributed by atoms with van der Waals surface area (Å²) in [7, 11) is 0. The molecule has 0 saturated carbocycles. The smallest absolute Gasteiger partial charge is 0.266 e. The maximum absolute atomic E-state index is 13.2. The van der Waals surface area contributed by atoms with E-state index in [4.69, 9.17) is 23.2 Å². The first-order chi connectivity index (χ1) is 8.49. The monoisotopic (exact) mass is 399 g/mol. The molecule has 8 heteroatoms. The summed E-state index contributed by atoms with van der Waals surface area (Å²) in [6.07, 6.45) is 1.26. The lowest BCUT2D eigenvalue weighted by Crippen LogP contribution is -2.12. The van der Waals surface area contributed by atoms with Gasteiger partial charge in [0.05, 0.1) is 16.4 Å². The minimum atomic E-state index is -0.683. The summed E-state index contributed by atoms with van der Waals surface area (Å²) in [4.78, 5) is 17.8. The van der Waals surface area contributed by atoms with Crippen LogP contribution in [0.25, 0.3) is 0 Å². The van der Waals surface area contributed by atoms with Crippen molar-refractivity contribution in [2.75, 3.05) is 5.32 Å². The first-order valence-electron chi connectivity index (χ1n) is 4.64. The predicted molar refractivity (Wildman–Crippen MR) is 77.3 cm³/mol. The number of anilines is 2. The van der Waals surface area contributed by atoms with Crippen molar-refractivity contribution in [3.05, 3.63) is 48.2 Å². The van der Waals surface area contributed by atoms with Gasteiger partial charge in [-0.1, -0.05) is 23.2 Å². The molecular weight excluding hydrogens is 395 g/mol. The lowest BCUT2D eigenvalue weighted by molar-refractivity contribution is 0.629. The zero-order valence-corrected chi connectivity index (χ0v) is 12.3. The number of halogens is 4. The highest BCUT2D eigenvalue weighted by atomic mass is 127. The van der Waals surface area contributed by atoms with Crippen molar-refractivity contribution in [1.29, 1.82) is 0 Å². The van der Waals surface area contributed by atoms with Crippen LogP contribution in [0.2, 0.25) is 10.0 Å². The molecular formula is C10H5Cl2FIN3O. The summed E-state index contributed by atoms with van der Waals surface area (Å²) in [6, 6.07) is 2.73. The third kappa shape index (κ3) is 2.76. The van der Waals surface area contributed by atoms with Crippen LogP contribution >= 0.6 is 45.8 Å². The van der Waals surface area contributed by atoms with Gasteiger partial charge in [0.2, 0.25) is 0 Å². The molecule has 2 aromatic rings. The maximum Gasteiger partial charge on any atom is 0.266 e. The molecule has 0 fully saturated rings. The minimum Gasteiger partial charge on any atom is -0.339 e. The molecule has 1 aromatic heterocycles. The second-order valence-corrected chi connectivity index (χ2v) is 5.17. The highest BCUT2D eigenvalue weighted by Gasteiger charge is 2.10. The molecule has 0 aliphatic carbocycles. The summed E-state index contributed by atoms with van der Waals surface area (Å²) in [5, 5.41) is 2.63. The predicted octanol–water partition coefficient (Wildman–Crippen LogP) is 3.56. The Balaban J connectivity index is 2.40. The average molecular weight is 400 g/mol. The van der Waals surface area contributed by atoms with Crippen LogP contribution in [-0.2, 0) is 0 Å². The van der Waals surface area contributed by atoms with Crippen molar-refractivity contribution in [1.82, 2.24) is 9.97 Å². The van der Waals surface area contributed by atoms with Gasteiger partial charge in [0.1, 0.15) is 3.57 Å². The molecule has 0 amide bonds. The molecule has 2 N–H and O–H groups in total. The van der Waals surface area contributed by atoms with Gasteiger partial charge in [0.25, 0.3) is 5.56 Å². The Morgan fingerprint density at radius 1 is 1.33 bits per heavy atom. The van der Waals surface area contributed by atoms with Crippen LogP contribution < -0.4 is 10.9 Å². The van der Waals surface area contributed by atoms with E-state index in [0.717, 1.165) is 0 Å². The van der Waals surface area contributed by atoms with Crippen molar-refractivity contribution in [2.24, 2.45) is 0 Å². The number of nitrogens with one attached hydrogen (secondary N) is 2. The molecule has 4 nitrogen and oxygen atoms in total. The van der Waals surface area contributed by atoms with Crippen molar-refractivity contribution in [3.63, 3.8) is 0 Å². The van der Waals surface area contributed by atoms with Crippen molar-refractivity contribution < 1.29 is 4.39 Å². The zero-order valence-electron chi connectivity index (χ0n) is 8.60. The molecule has 0 bridgehead atoms. The number of aromatic nitrogens is 2. The summed E-state index contributed by atoms with van der Waals surface area (Å²) in [6.45, 7) is 0. The summed E-state index contributed by atoms with van der Waals surface area (Å²) in [5.41, 5.74) is 0.176. The average Bonchev–Trinajstić information content (AvgIpc) is 2.32. The highest BCUT2D eigenvalue weighted by molar-refractivity contribution is 14.1. The molecule has 0 saturated heterocycles. The molecule has 1 aromatic carbocycles. The first kappa shape index (κ1) is 13.6. The van der Waals surface area contributed by atoms with Gasteiger partial charge in [-0.05, 0) is 34.7 Å². The van der Waals surface area contributed by atoms with E-state index in [2.05, 4.69) is 15.3 Å². The third-order valence-electron chi connectivity index (χ3n) is 2.04. The van der Waals surface area contributed by atoms with E-state index >= 15 is 0 Å². The molecule has 1 heterocycles. The Morgan fingerprint density at radius 2 is 1.94 bits per heavy atom.